The molecular formula is C28H28F9NO4S. The van der Waals surface area contributed by atoms with Crippen LogP contribution in [0, 0.1) is 18.7 Å². The van der Waals surface area contributed by atoms with Crippen molar-refractivity contribution in [2.75, 3.05) is 19.7 Å². The summed E-state index contributed by atoms with van der Waals surface area (Å²) in [5.74, 6) is -2.19. The van der Waals surface area contributed by atoms with Crippen molar-refractivity contribution in [2.45, 2.75) is 72.4 Å². The van der Waals surface area contributed by atoms with Crippen molar-refractivity contribution in [3.05, 3.63) is 65.0 Å². The van der Waals surface area contributed by atoms with Crippen molar-refractivity contribution in [3.63, 3.8) is 0 Å². The van der Waals surface area contributed by atoms with Crippen molar-refractivity contribution in [1.82, 2.24) is 4.90 Å². The average Bonchev–Trinajstić information content (AvgIpc) is 3.40. The number of aryl methyl sites for hydroxylation is 1. The number of likely N-dealkylation sites (tertiary alicyclic amines) is 1. The number of aliphatic hydroxyl groups excluding tert-OH is 1. The van der Waals surface area contributed by atoms with Crippen molar-refractivity contribution in [3.8, 4) is 0 Å². The monoisotopic (exact) mass is 645 g/mol. The number of alkyl halides is 8. The molecule has 1 atom stereocenters. The van der Waals surface area contributed by atoms with Crippen LogP contribution >= 0.6 is 0 Å². The van der Waals surface area contributed by atoms with E-state index in [2.05, 4.69) is 0 Å². The predicted molar refractivity (Wildman–Crippen MR) is 135 cm³/mol. The quantitative estimate of drug-likeness (QED) is 0.379. The van der Waals surface area contributed by atoms with E-state index in [1.54, 1.807) is 0 Å². The first-order valence-corrected chi connectivity index (χ1v) is 14.8. The maximum atomic E-state index is 15.8. The summed E-state index contributed by atoms with van der Waals surface area (Å²) >= 11 is 0. The predicted octanol–water partition coefficient (Wildman–Crippen LogP) is 6.22. The minimum absolute atomic E-state index is 0.0806. The van der Waals surface area contributed by atoms with Gasteiger partial charge in [0.1, 0.15) is 10.6 Å². The van der Waals surface area contributed by atoms with Gasteiger partial charge in [0.05, 0.1) is 4.90 Å². The Morgan fingerprint density at radius 3 is 2.00 bits per heavy atom. The lowest BCUT2D eigenvalue weighted by atomic mass is 9.79. The van der Waals surface area contributed by atoms with Crippen molar-refractivity contribution in [2.24, 2.45) is 5.92 Å². The van der Waals surface area contributed by atoms with E-state index in [4.69, 9.17) is 0 Å². The fourth-order valence-corrected chi connectivity index (χ4v) is 7.93. The van der Waals surface area contributed by atoms with E-state index in [9.17, 15) is 53.4 Å². The van der Waals surface area contributed by atoms with E-state index in [0.717, 1.165) is 17.0 Å². The number of halogens is 9. The van der Waals surface area contributed by atoms with Crippen molar-refractivity contribution >= 4 is 15.7 Å². The van der Waals surface area contributed by atoms with Gasteiger partial charge in [-0.15, -0.1) is 0 Å². The molecule has 1 unspecified atom stereocenters. The molecule has 1 saturated heterocycles. The van der Waals surface area contributed by atoms with Crippen LogP contribution in [0.2, 0.25) is 0 Å². The van der Waals surface area contributed by atoms with Gasteiger partial charge in [-0.1, -0.05) is 30.3 Å². The minimum atomic E-state index is -6.41. The number of hydrogen-bond donors (Lipinski definition) is 1. The van der Waals surface area contributed by atoms with Gasteiger partial charge in [-0.05, 0) is 68.2 Å². The number of hydrogen-bond acceptors (Lipinski definition) is 4. The number of carbonyl (C=O) groups excluding carboxylic acids is 1. The van der Waals surface area contributed by atoms with E-state index >= 15 is 4.39 Å². The van der Waals surface area contributed by atoms with Crippen LogP contribution in [0.1, 0.15) is 48.8 Å². The Morgan fingerprint density at radius 2 is 1.51 bits per heavy atom. The highest BCUT2D eigenvalue weighted by Crippen LogP contribution is 2.54. The molecule has 1 N–H and O–H groups in total. The Hall–Kier alpha value is -2.81. The largest absolute Gasteiger partial charge is 0.435 e. The third-order valence-corrected chi connectivity index (χ3v) is 11.1. The second kappa shape index (κ2) is 11.0. The third kappa shape index (κ3) is 5.40. The number of amides is 1. The lowest BCUT2D eigenvalue weighted by molar-refractivity contribution is -0.348. The Balaban J connectivity index is 1.80. The second-order valence-corrected chi connectivity index (χ2v) is 13.5. The van der Waals surface area contributed by atoms with Crippen molar-refractivity contribution in [1.29, 1.82) is 0 Å². The summed E-state index contributed by atoms with van der Waals surface area (Å²) in [6.07, 6.45) is -13.4. The topological polar surface area (TPSA) is 74.7 Å². The Morgan fingerprint density at radius 1 is 0.953 bits per heavy atom. The van der Waals surface area contributed by atoms with Gasteiger partial charge in [0.15, 0.2) is 15.5 Å². The van der Waals surface area contributed by atoms with Crippen LogP contribution < -0.4 is 0 Å². The van der Waals surface area contributed by atoms with Gasteiger partial charge < -0.3 is 10.0 Å². The standard InChI is InChI=1S/C28H28F9NO4S/c1-17-2-7-21(14-22(17)29)43(41,42)25(12-13-38(16-25)23(40)24(30)10-8-18(15-39)9-11-24)19-3-5-20(6-4-19)26(31,27(32,33)34)28(35,36)37/h2-7,14,18,39H,8-13,15-16H2,1H3. The number of carbonyl (C=O) groups is 1. The maximum absolute atomic E-state index is 15.8. The van der Waals surface area contributed by atoms with Gasteiger partial charge in [-0.3, -0.25) is 4.79 Å². The van der Waals surface area contributed by atoms with Gasteiger partial charge >= 0.3 is 18.0 Å². The lowest BCUT2D eigenvalue weighted by Gasteiger charge is -2.36. The summed E-state index contributed by atoms with van der Waals surface area (Å²) in [4.78, 5) is 13.7. The molecule has 0 spiro atoms. The summed E-state index contributed by atoms with van der Waals surface area (Å²) in [5, 5.41) is 9.34. The van der Waals surface area contributed by atoms with E-state index in [-0.39, 0.29) is 62.4 Å². The Labute approximate surface area is 241 Å². The molecule has 5 nitrogen and oxygen atoms in total. The summed E-state index contributed by atoms with van der Waals surface area (Å²) in [5.41, 5.74) is -10.3. The van der Waals surface area contributed by atoms with Gasteiger partial charge in [-0.25, -0.2) is 21.6 Å². The highest BCUT2D eigenvalue weighted by Gasteiger charge is 2.73. The zero-order valence-electron chi connectivity index (χ0n) is 22.7. The van der Waals surface area contributed by atoms with E-state index in [1.807, 2.05) is 0 Å². The Kier molecular flexibility index (Phi) is 8.44. The van der Waals surface area contributed by atoms with Crippen LogP contribution in [0.5, 0.6) is 0 Å². The highest BCUT2D eigenvalue weighted by atomic mass is 32.2. The first-order valence-electron chi connectivity index (χ1n) is 13.3. The van der Waals surface area contributed by atoms with Crippen LogP contribution in [-0.4, -0.2) is 62.0 Å². The summed E-state index contributed by atoms with van der Waals surface area (Å²) < 4.78 is 151. The molecule has 0 bridgehead atoms. The number of aliphatic hydroxyl groups is 1. The van der Waals surface area contributed by atoms with E-state index in [0.29, 0.717) is 18.2 Å². The molecule has 4 rings (SSSR count). The van der Waals surface area contributed by atoms with Gasteiger partial charge in [-0.2, -0.15) is 26.3 Å². The molecule has 43 heavy (non-hydrogen) atoms. The van der Waals surface area contributed by atoms with Crippen LogP contribution in [0.4, 0.5) is 39.5 Å². The molecule has 2 aromatic carbocycles. The number of benzene rings is 2. The molecule has 238 valence electrons. The molecule has 1 heterocycles. The fourth-order valence-electron chi connectivity index (χ4n) is 5.84. The smallest absolute Gasteiger partial charge is 0.396 e. The van der Waals surface area contributed by atoms with Gasteiger partial charge in [0.2, 0.25) is 0 Å². The molecule has 0 aromatic heterocycles. The summed E-state index contributed by atoms with van der Waals surface area (Å²) in [6, 6.07) is 4.42. The molecule has 0 radical (unpaired) electrons. The lowest BCUT2D eigenvalue weighted by Crippen LogP contribution is -2.50. The third-order valence-electron chi connectivity index (χ3n) is 8.62. The van der Waals surface area contributed by atoms with Gasteiger partial charge in [0.25, 0.3) is 5.91 Å². The van der Waals surface area contributed by atoms with Crippen LogP contribution in [-0.2, 0) is 25.0 Å². The molecule has 1 saturated carbocycles. The summed E-state index contributed by atoms with van der Waals surface area (Å²) in [6.45, 7) is 0.0348. The molecule has 15 heteroatoms. The molecular weight excluding hydrogens is 617 g/mol. The fraction of sp³-hybridized carbons (Fsp3) is 0.536. The highest BCUT2D eigenvalue weighted by molar-refractivity contribution is 7.92. The first-order chi connectivity index (χ1) is 19.7. The molecule has 1 amide bonds. The Bertz CT molecular complexity index is 1450. The number of nitrogens with zero attached hydrogens (tertiary/aromatic N) is 1. The normalized spacial score (nSPS) is 25.7. The van der Waals surface area contributed by atoms with Gasteiger partial charge in [0, 0.05) is 25.3 Å². The van der Waals surface area contributed by atoms with Crippen LogP contribution in [0.25, 0.3) is 0 Å². The minimum Gasteiger partial charge on any atom is -0.396 e. The molecule has 2 aliphatic rings. The second-order valence-electron chi connectivity index (χ2n) is 11.2. The van der Waals surface area contributed by atoms with Crippen LogP contribution in [0.3, 0.4) is 0 Å². The van der Waals surface area contributed by atoms with E-state index < -0.39 is 79.0 Å². The zero-order valence-corrected chi connectivity index (χ0v) is 23.5. The number of sulfone groups is 1. The first kappa shape index (κ1) is 33.1. The molecule has 2 fully saturated rings. The summed E-state index contributed by atoms with van der Waals surface area (Å²) in [7, 11) is -4.76. The zero-order chi connectivity index (χ0) is 32.2. The molecule has 2 aromatic rings. The average molecular weight is 646 g/mol. The van der Waals surface area contributed by atoms with Crippen molar-refractivity contribution < 1.29 is 57.8 Å². The molecule has 1 aliphatic heterocycles. The molecule has 1 aliphatic carbocycles. The van der Waals surface area contributed by atoms with E-state index in [1.165, 1.54) is 6.92 Å². The SMILES string of the molecule is Cc1ccc(S(=O)(=O)C2(c3ccc(C(F)(C(F)(F)F)C(F)(F)F)cc3)CCN(C(=O)C3(F)CCC(CO)CC3)C2)cc1F. The van der Waals surface area contributed by atoms with Crippen LogP contribution in [0.15, 0.2) is 47.4 Å². The maximum Gasteiger partial charge on any atom is 0.435 e. The number of rotatable bonds is 6.